The standard InChI is InChI=1S/C18H15FNP/c19-21(17-12-6-2-7-13-17,18-14-8-3-9-15-18)20-16-10-4-1-5-11-16/h1-15H. The molecule has 0 amide bonds. The predicted molar refractivity (Wildman–Crippen MR) is 88.7 cm³/mol. The van der Waals surface area contributed by atoms with E-state index in [1.165, 1.54) is 0 Å². The Morgan fingerprint density at radius 2 is 0.952 bits per heavy atom. The summed E-state index contributed by atoms with van der Waals surface area (Å²) in [6, 6.07) is 27.8. The first-order chi connectivity index (χ1) is 10.3. The molecular weight excluding hydrogens is 280 g/mol. The van der Waals surface area contributed by atoms with Crippen LogP contribution in [0, 0.1) is 0 Å². The topological polar surface area (TPSA) is 12.4 Å². The van der Waals surface area contributed by atoms with Crippen molar-refractivity contribution < 1.29 is 4.20 Å². The van der Waals surface area contributed by atoms with Crippen LogP contribution in [0.2, 0.25) is 0 Å². The van der Waals surface area contributed by atoms with Gasteiger partial charge in [-0.3, -0.25) is 0 Å². The molecule has 0 heterocycles. The van der Waals surface area contributed by atoms with Gasteiger partial charge in [0.25, 0.3) is 0 Å². The minimum atomic E-state index is -3.27. The van der Waals surface area contributed by atoms with Gasteiger partial charge in [-0.1, -0.05) is 78.9 Å². The van der Waals surface area contributed by atoms with Crippen LogP contribution in [0.5, 0.6) is 0 Å². The van der Waals surface area contributed by atoms with E-state index in [1.807, 2.05) is 91.0 Å². The first-order valence-electron chi connectivity index (χ1n) is 6.77. The molecule has 0 aliphatic carbocycles. The second-order valence-corrected chi connectivity index (χ2v) is 7.01. The van der Waals surface area contributed by atoms with Crippen LogP contribution in [0.25, 0.3) is 0 Å². The fraction of sp³-hybridized carbons (Fsp3) is 0. The van der Waals surface area contributed by atoms with Crippen LogP contribution in [0.3, 0.4) is 0 Å². The Morgan fingerprint density at radius 1 is 0.571 bits per heavy atom. The first-order valence-corrected chi connectivity index (χ1v) is 8.40. The monoisotopic (exact) mass is 295 g/mol. The maximum Gasteiger partial charge on any atom is 0.194 e. The van der Waals surface area contributed by atoms with Crippen molar-refractivity contribution in [1.82, 2.24) is 0 Å². The van der Waals surface area contributed by atoms with E-state index in [4.69, 9.17) is 0 Å². The zero-order valence-electron chi connectivity index (χ0n) is 11.4. The van der Waals surface area contributed by atoms with Crippen LogP contribution < -0.4 is 10.6 Å². The lowest BCUT2D eigenvalue weighted by Crippen LogP contribution is -2.12. The molecule has 0 fully saturated rings. The number of rotatable bonds is 3. The molecule has 0 aliphatic heterocycles. The molecule has 0 bridgehead atoms. The second-order valence-electron chi connectivity index (χ2n) is 4.66. The Kier molecular flexibility index (Phi) is 3.98. The van der Waals surface area contributed by atoms with E-state index in [1.54, 1.807) is 0 Å². The van der Waals surface area contributed by atoms with E-state index in [0.29, 0.717) is 16.3 Å². The van der Waals surface area contributed by atoms with Gasteiger partial charge in [0.2, 0.25) is 0 Å². The van der Waals surface area contributed by atoms with Crippen molar-refractivity contribution >= 4 is 23.7 Å². The Labute approximate surface area is 124 Å². The molecule has 0 unspecified atom stereocenters. The van der Waals surface area contributed by atoms with Crippen molar-refractivity contribution in [3.05, 3.63) is 91.0 Å². The summed E-state index contributed by atoms with van der Waals surface area (Å²) in [5.41, 5.74) is 0.668. The first kappa shape index (κ1) is 13.8. The molecule has 3 aromatic rings. The molecule has 3 aromatic carbocycles. The van der Waals surface area contributed by atoms with Crippen molar-refractivity contribution in [3.8, 4) is 0 Å². The molecule has 0 saturated carbocycles. The highest BCUT2D eigenvalue weighted by atomic mass is 31.2. The summed E-state index contributed by atoms with van der Waals surface area (Å²) in [7, 11) is -3.27. The molecule has 0 atom stereocenters. The summed E-state index contributed by atoms with van der Waals surface area (Å²) < 4.78 is 20.4. The summed E-state index contributed by atoms with van der Waals surface area (Å²) >= 11 is 0. The van der Waals surface area contributed by atoms with Crippen LogP contribution in [0.4, 0.5) is 9.88 Å². The Balaban J connectivity index is 2.24. The molecule has 21 heavy (non-hydrogen) atoms. The van der Waals surface area contributed by atoms with E-state index in [-0.39, 0.29) is 0 Å². The van der Waals surface area contributed by atoms with Crippen LogP contribution in [0.1, 0.15) is 0 Å². The van der Waals surface area contributed by atoms with E-state index >= 15 is 4.20 Å². The molecule has 0 N–H and O–H groups in total. The van der Waals surface area contributed by atoms with Gasteiger partial charge in [-0.05, 0) is 12.1 Å². The van der Waals surface area contributed by atoms with Crippen LogP contribution in [-0.4, -0.2) is 0 Å². The van der Waals surface area contributed by atoms with Crippen molar-refractivity contribution in [2.45, 2.75) is 0 Å². The van der Waals surface area contributed by atoms with Gasteiger partial charge in [-0.2, -0.15) is 4.20 Å². The zero-order valence-corrected chi connectivity index (χ0v) is 12.3. The summed E-state index contributed by atoms with van der Waals surface area (Å²) in [6.07, 6.45) is 0. The number of halogens is 1. The maximum absolute atomic E-state index is 15.9. The molecule has 1 nitrogen and oxygen atoms in total. The molecule has 0 spiro atoms. The van der Waals surface area contributed by atoms with Gasteiger partial charge in [0.15, 0.2) is 7.37 Å². The van der Waals surface area contributed by atoms with Crippen molar-refractivity contribution in [1.29, 1.82) is 0 Å². The Bertz CT molecular complexity index is 711. The average molecular weight is 295 g/mol. The smallest absolute Gasteiger partial charge is 0.194 e. The van der Waals surface area contributed by atoms with Crippen molar-refractivity contribution in [2.24, 2.45) is 4.74 Å². The predicted octanol–water partition coefficient (Wildman–Crippen LogP) is 5.05. The second kappa shape index (κ2) is 6.07. The molecule has 0 radical (unpaired) electrons. The van der Waals surface area contributed by atoms with Gasteiger partial charge < -0.3 is 0 Å². The van der Waals surface area contributed by atoms with Crippen molar-refractivity contribution in [2.75, 3.05) is 0 Å². The zero-order chi connectivity index (χ0) is 14.5. The Morgan fingerprint density at radius 3 is 1.38 bits per heavy atom. The number of hydrogen-bond acceptors (Lipinski definition) is 1. The number of nitrogens with zero attached hydrogens (tertiary/aromatic N) is 1. The third kappa shape index (κ3) is 2.96. The lowest BCUT2D eigenvalue weighted by Gasteiger charge is -2.16. The van der Waals surface area contributed by atoms with Crippen LogP contribution >= 0.6 is 7.37 Å². The molecule has 0 aliphatic rings. The van der Waals surface area contributed by atoms with Gasteiger partial charge in [0, 0.05) is 10.6 Å². The lowest BCUT2D eigenvalue weighted by molar-refractivity contribution is 0.899. The summed E-state index contributed by atoms with van der Waals surface area (Å²) in [5, 5.41) is 1.28. The fourth-order valence-electron chi connectivity index (χ4n) is 2.17. The highest BCUT2D eigenvalue weighted by Gasteiger charge is 2.24. The fourth-order valence-corrected chi connectivity index (χ4v) is 4.28. The molecule has 0 saturated heterocycles. The van der Waals surface area contributed by atoms with Gasteiger partial charge >= 0.3 is 0 Å². The maximum atomic E-state index is 15.9. The molecule has 104 valence electrons. The minimum Gasteiger partial charge on any atom is -0.227 e. The van der Waals surface area contributed by atoms with Crippen LogP contribution in [-0.2, 0) is 0 Å². The quantitative estimate of drug-likeness (QED) is 0.599. The van der Waals surface area contributed by atoms with Gasteiger partial charge in [0.05, 0.1) is 5.69 Å². The molecular formula is C18H15FNP. The third-order valence-corrected chi connectivity index (χ3v) is 5.68. The highest BCUT2D eigenvalue weighted by molar-refractivity contribution is 7.76. The summed E-state index contributed by atoms with van der Waals surface area (Å²) in [5.74, 6) is 0. The normalized spacial score (nSPS) is 11.1. The van der Waals surface area contributed by atoms with E-state index in [0.717, 1.165) is 0 Å². The summed E-state index contributed by atoms with van der Waals surface area (Å²) in [4.78, 5) is 0. The molecule has 3 heteroatoms. The van der Waals surface area contributed by atoms with Crippen molar-refractivity contribution in [3.63, 3.8) is 0 Å². The van der Waals surface area contributed by atoms with Gasteiger partial charge in [-0.25, -0.2) is 4.74 Å². The van der Waals surface area contributed by atoms with E-state index in [2.05, 4.69) is 4.74 Å². The molecule has 0 aromatic heterocycles. The minimum absolute atomic E-state index is 0.639. The van der Waals surface area contributed by atoms with E-state index in [9.17, 15) is 0 Å². The largest absolute Gasteiger partial charge is 0.227 e. The average Bonchev–Trinajstić information content (AvgIpc) is 2.57. The number of hydrogen-bond donors (Lipinski definition) is 0. The SMILES string of the molecule is FP(=Nc1ccccc1)(c1ccccc1)c1ccccc1. The Hall–Kier alpha value is -2.18. The van der Waals surface area contributed by atoms with E-state index < -0.39 is 7.37 Å². The third-order valence-electron chi connectivity index (χ3n) is 3.21. The van der Waals surface area contributed by atoms with Gasteiger partial charge in [0.1, 0.15) is 0 Å². The lowest BCUT2D eigenvalue weighted by atomic mass is 10.3. The van der Waals surface area contributed by atoms with Crippen LogP contribution in [0.15, 0.2) is 95.7 Å². The number of benzene rings is 3. The molecule has 3 rings (SSSR count). The summed E-state index contributed by atoms with van der Waals surface area (Å²) in [6.45, 7) is 0. The van der Waals surface area contributed by atoms with Gasteiger partial charge in [-0.15, -0.1) is 0 Å². The highest BCUT2D eigenvalue weighted by Crippen LogP contribution is 2.51.